The van der Waals surface area contributed by atoms with Crippen LogP contribution in [0.5, 0.6) is 0 Å². The summed E-state index contributed by atoms with van der Waals surface area (Å²) in [5.41, 5.74) is 16.6. The number of carbonyl (C=O) groups excluding carboxylic acids is 3. The Morgan fingerprint density at radius 2 is 1.56 bits per heavy atom. The highest BCUT2D eigenvalue weighted by atomic mass is 32.1. The number of guanidine groups is 1. The summed E-state index contributed by atoms with van der Waals surface area (Å²) in [5.74, 6) is -3.28. The second kappa shape index (κ2) is 16.1. The number of nitrogens with two attached hydrogens (primary N) is 3. The number of nitrogens with zero attached hydrogens (tertiary/aromatic N) is 1. The number of amides is 3. The van der Waals surface area contributed by atoms with Gasteiger partial charge >= 0.3 is 5.97 Å². The average Bonchev–Trinajstić information content (AvgIpc) is 2.75. The van der Waals surface area contributed by atoms with Crippen molar-refractivity contribution in [1.82, 2.24) is 16.0 Å². The third kappa shape index (κ3) is 12.1. The SMILES string of the molecule is CCC(C)C(NC(=O)C(CCCN=C(N)N)NC(=O)C(N)CC(C)C)C(=O)NC(CS)C(=O)O. The first-order valence-corrected chi connectivity index (χ1v) is 12.0. The predicted octanol–water partition coefficient (Wildman–Crippen LogP) is -1.07. The Hall–Kier alpha value is -2.54. The van der Waals surface area contributed by atoms with E-state index in [4.69, 9.17) is 17.2 Å². The third-order valence-corrected chi connectivity index (χ3v) is 5.60. The molecule has 5 unspecified atom stereocenters. The van der Waals surface area contributed by atoms with Crippen LogP contribution in [-0.4, -0.2) is 71.2 Å². The fourth-order valence-electron chi connectivity index (χ4n) is 3.07. The molecule has 13 heteroatoms. The molecule has 0 heterocycles. The first-order chi connectivity index (χ1) is 15.8. The zero-order valence-electron chi connectivity index (χ0n) is 20.4. The number of carbonyl (C=O) groups is 4. The molecule has 0 aromatic carbocycles. The molecule has 0 aliphatic heterocycles. The van der Waals surface area contributed by atoms with Crippen molar-refractivity contribution in [2.45, 2.75) is 77.5 Å². The molecule has 196 valence electrons. The summed E-state index contributed by atoms with van der Waals surface area (Å²) >= 11 is 3.95. The molecule has 0 radical (unpaired) electrons. The van der Waals surface area contributed by atoms with Crippen molar-refractivity contribution in [2.24, 2.45) is 34.0 Å². The second-order valence-corrected chi connectivity index (χ2v) is 9.06. The van der Waals surface area contributed by atoms with Crippen LogP contribution in [0.4, 0.5) is 0 Å². The van der Waals surface area contributed by atoms with Gasteiger partial charge in [0, 0.05) is 12.3 Å². The van der Waals surface area contributed by atoms with E-state index in [1.807, 2.05) is 20.8 Å². The Labute approximate surface area is 206 Å². The maximum Gasteiger partial charge on any atom is 0.327 e. The van der Waals surface area contributed by atoms with Gasteiger partial charge in [0.15, 0.2) is 5.96 Å². The molecule has 0 saturated carbocycles. The van der Waals surface area contributed by atoms with Gasteiger partial charge < -0.3 is 38.3 Å². The van der Waals surface area contributed by atoms with E-state index < -0.39 is 47.9 Å². The Bertz CT molecular complexity index is 716. The van der Waals surface area contributed by atoms with E-state index >= 15 is 0 Å². The van der Waals surface area contributed by atoms with Crippen molar-refractivity contribution in [3.05, 3.63) is 0 Å². The van der Waals surface area contributed by atoms with E-state index in [0.717, 1.165) is 0 Å². The topological polar surface area (TPSA) is 215 Å². The Morgan fingerprint density at radius 1 is 0.971 bits per heavy atom. The highest BCUT2D eigenvalue weighted by Gasteiger charge is 2.32. The van der Waals surface area contributed by atoms with Crippen LogP contribution in [0.15, 0.2) is 4.99 Å². The number of rotatable bonds is 16. The molecule has 0 aliphatic carbocycles. The molecule has 0 bridgehead atoms. The number of nitrogens with one attached hydrogen (secondary N) is 3. The Morgan fingerprint density at radius 3 is 2.03 bits per heavy atom. The van der Waals surface area contributed by atoms with Gasteiger partial charge in [-0.15, -0.1) is 0 Å². The lowest BCUT2D eigenvalue weighted by atomic mass is 9.97. The summed E-state index contributed by atoms with van der Waals surface area (Å²) < 4.78 is 0. The summed E-state index contributed by atoms with van der Waals surface area (Å²) in [6, 6.07) is -4.00. The molecule has 12 nitrogen and oxygen atoms in total. The van der Waals surface area contributed by atoms with Gasteiger partial charge in [0.2, 0.25) is 17.7 Å². The summed E-state index contributed by atoms with van der Waals surface area (Å²) in [6.07, 6.45) is 1.56. The molecule has 3 amide bonds. The Balaban J connectivity index is 5.57. The van der Waals surface area contributed by atoms with Crippen molar-refractivity contribution in [3.63, 3.8) is 0 Å². The van der Waals surface area contributed by atoms with Crippen molar-refractivity contribution < 1.29 is 24.3 Å². The highest BCUT2D eigenvalue weighted by molar-refractivity contribution is 7.80. The summed E-state index contributed by atoms with van der Waals surface area (Å²) in [7, 11) is 0. The van der Waals surface area contributed by atoms with Gasteiger partial charge in [-0.05, 0) is 31.1 Å². The molecule has 34 heavy (non-hydrogen) atoms. The highest BCUT2D eigenvalue weighted by Crippen LogP contribution is 2.11. The van der Waals surface area contributed by atoms with Gasteiger partial charge in [0.05, 0.1) is 6.04 Å². The average molecular weight is 504 g/mol. The molecule has 10 N–H and O–H groups in total. The molecule has 0 rings (SSSR count). The van der Waals surface area contributed by atoms with E-state index in [2.05, 4.69) is 33.6 Å². The van der Waals surface area contributed by atoms with Gasteiger partial charge in [-0.1, -0.05) is 34.1 Å². The van der Waals surface area contributed by atoms with Gasteiger partial charge in [0.25, 0.3) is 0 Å². The smallest absolute Gasteiger partial charge is 0.327 e. The van der Waals surface area contributed by atoms with Crippen LogP contribution < -0.4 is 33.2 Å². The van der Waals surface area contributed by atoms with E-state index in [1.165, 1.54) is 0 Å². The van der Waals surface area contributed by atoms with Crippen LogP contribution in [0.3, 0.4) is 0 Å². The summed E-state index contributed by atoms with van der Waals surface area (Å²) in [4.78, 5) is 53.6. The number of carboxylic acids is 1. The first-order valence-electron chi connectivity index (χ1n) is 11.4. The number of hydrogen-bond acceptors (Lipinski definition) is 7. The normalized spacial score (nSPS) is 15.4. The minimum Gasteiger partial charge on any atom is -0.480 e. The Kier molecular flexibility index (Phi) is 14.9. The van der Waals surface area contributed by atoms with E-state index in [9.17, 15) is 24.3 Å². The van der Waals surface area contributed by atoms with Crippen LogP contribution in [0, 0.1) is 11.8 Å². The maximum absolute atomic E-state index is 13.1. The lowest BCUT2D eigenvalue weighted by Crippen LogP contribution is -2.59. The van der Waals surface area contributed by atoms with E-state index in [0.29, 0.717) is 19.3 Å². The van der Waals surface area contributed by atoms with Crippen LogP contribution >= 0.6 is 12.6 Å². The molecular formula is C21H41N7O5S. The fraction of sp³-hybridized carbons (Fsp3) is 0.762. The second-order valence-electron chi connectivity index (χ2n) is 8.70. The largest absolute Gasteiger partial charge is 0.480 e. The third-order valence-electron chi connectivity index (χ3n) is 5.23. The number of carboxylic acid groups (broad SMARTS) is 1. The van der Waals surface area contributed by atoms with Gasteiger partial charge in [-0.3, -0.25) is 19.4 Å². The van der Waals surface area contributed by atoms with Gasteiger partial charge in [-0.2, -0.15) is 12.6 Å². The molecule has 0 saturated heterocycles. The van der Waals surface area contributed by atoms with E-state index in [-0.39, 0.29) is 36.5 Å². The van der Waals surface area contributed by atoms with Crippen molar-refractivity contribution in [2.75, 3.05) is 12.3 Å². The number of aliphatic carboxylic acids is 1. The van der Waals surface area contributed by atoms with Crippen LogP contribution in [-0.2, 0) is 19.2 Å². The van der Waals surface area contributed by atoms with Gasteiger partial charge in [-0.25, -0.2) is 4.79 Å². The molecule has 5 atom stereocenters. The first kappa shape index (κ1) is 31.5. The van der Waals surface area contributed by atoms with Crippen molar-refractivity contribution >= 4 is 42.3 Å². The van der Waals surface area contributed by atoms with Gasteiger partial charge in [0.1, 0.15) is 18.1 Å². The van der Waals surface area contributed by atoms with Crippen LogP contribution in [0.1, 0.15) is 53.4 Å². The molecule has 0 fully saturated rings. The maximum atomic E-state index is 13.1. The standard InChI is InChI=1S/C21H41N7O5S/c1-5-12(4)16(19(31)27-15(10-34)20(32)33)28-18(30)14(7-6-8-25-21(23)24)26-17(29)13(22)9-11(2)3/h11-16,34H,5-10,22H2,1-4H3,(H,26,29)(H,27,31)(H,28,30)(H,32,33)(H4,23,24,25). The summed E-state index contributed by atoms with van der Waals surface area (Å²) in [6.45, 7) is 7.70. The molecule has 0 aliphatic rings. The zero-order chi connectivity index (χ0) is 26.4. The number of hydrogen-bond donors (Lipinski definition) is 8. The lowest BCUT2D eigenvalue weighted by Gasteiger charge is -2.28. The number of thiol groups is 1. The zero-order valence-corrected chi connectivity index (χ0v) is 21.3. The fourth-order valence-corrected chi connectivity index (χ4v) is 3.32. The predicted molar refractivity (Wildman–Crippen MR) is 134 cm³/mol. The summed E-state index contributed by atoms with van der Waals surface area (Å²) in [5, 5.41) is 16.9. The minimum atomic E-state index is -1.23. The monoisotopic (exact) mass is 503 g/mol. The molecule has 0 aromatic rings. The van der Waals surface area contributed by atoms with Crippen molar-refractivity contribution in [1.29, 1.82) is 0 Å². The van der Waals surface area contributed by atoms with Crippen LogP contribution in [0.25, 0.3) is 0 Å². The number of aliphatic imine (C=N–C) groups is 1. The quantitative estimate of drug-likeness (QED) is 0.0560. The van der Waals surface area contributed by atoms with Crippen LogP contribution in [0.2, 0.25) is 0 Å². The lowest BCUT2D eigenvalue weighted by molar-refractivity contribution is -0.142. The molecule has 0 aromatic heterocycles. The van der Waals surface area contributed by atoms with E-state index in [1.54, 1.807) is 6.92 Å². The molecule has 0 spiro atoms. The minimum absolute atomic E-state index is 0.0883. The molecular weight excluding hydrogens is 462 g/mol. The van der Waals surface area contributed by atoms with Crippen molar-refractivity contribution in [3.8, 4) is 0 Å².